The number of hydrogen-bond acceptors (Lipinski definition) is 3. The molecule has 0 aromatic heterocycles. The minimum atomic E-state index is -0.872. The van der Waals surface area contributed by atoms with Crippen LogP contribution in [0.15, 0.2) is 18.2 Å². The number of nitrogens with one attached hydrogen (secondary N) is 2. The Bertz CT molecular complexity index is 673. The van der Waals surface area contributed by atoms with Crippen molar-refractivity contribution in [1.29, 1.82) is 0 Å². The van der Waals surface area contributed by atoms with Crippen molar-refractivity contribution in [2.75, 3.05) is 18.9 Å². The van der Waals surface area contributed by atoms with Gasteiger partial charge in [-0.1, -0.05) is 37.5 Å². The fourth-order valence-corrected chi connectivity index (χ4v) is 3.65. The van der Waals surface area contributed by atoms with Gasteiger partial charge in [0.2, 0.25) is 17.7 Å². The van der Waals surface area contributed by atoms with Gasteiger partial charge in [0.25, 0.3) is 0 Å². The summed E-state index contributed by atoms with van der Waals surface area (Å²) in [6.07, 6.45) is 4.13. The first kappa shape index (κ1) is 19.9. The number of para-hydroxylation sites is 1. The fourth-order valence-electron chi connectivity index (χ4n) is 3.65. The lowest BCUT2D eigenvalue weighted by atomic mass is 9.79. The second kappa shape index (κ2) is 8.34. The molecule has 0 aliphatic heterocycles. The molecule has 0 spiro atoms. The summed E-state index contributed by atoms with van der Waals surface area (Å²) in [5, 5.41) is 5.60. The zero-order valence-electron chi connectivity index (χ0n) is 16.1. The first-order valence-corrected chi connectivity index (χ1v) is 9.17. The second-order valence-corrected chi connectivity index (χ2v) is 7.18. The smallest absolute Gasteiger partial charge is 0.250 e. The molecule has 142 valence electrons. The standard InChI is InChI=1S/C20H29N3O3/c1-14-9-8-10-15(2)18(14)22-19(26)20(11-6-5-7-12-20)23(4)17(25)13-21-16(3)24/h8-10H,5-7,11-13H2,1-4H3,(H,21,24)(H,22,26). The van der Waals surface area contributed by atoms with Gasteiger partial charge in [0.1, 0.15) is 5.54 Å². The number of rotatable bonds is 5. The van der Waals surface area contributed by atoms with E-state index >= 15 is 0 Å². The van der Waals surface area contributed by atoms with Crippen molar-refractivity contribution in [1.82, 2.24) is 10.2 Å². The van der Waals surface area contributed by atoms with E-state index in [1.807, 2.05) is 32.0 Å². The van der Waals surface area contributed by atoms with Crippen LogP contribution in [0, 0.1) is 13.8 Å². The van der Waals surface area contributed by atoms with Crippen LogP contribution in [0.2, 0.25) is 0 Å². The molecule has 1 aliphatic carbocycles. The molecular weight excluding hydrogens is 330 g/mol. The molecule has 0 unspecified atom stereocenters. The van der Waals surface area contributed by atoms with E-state index in [1.54, 1.807) is 7.05 Å². The molecule has 1 fully saturated rings. The molecule has 0 radical (unpaired) electrons. The molecule has 6 heteroatoms. The Hall–Kier alpha value is -2.37. The molecule has 2 N–H and O–H groups in total. The van der Waals surface area contributed by atoms with Crippen molar-refractivity contribution < 1.29 is 14.4 Å². The van der Waals surface area contributed by atoms with Crippen molar-refractivity contribution >= 4 is 23.4 Å². The third-order valence-electron chi connectivity index (χ3n) is 5.33. The zero-order chi connectivity index (χ0) is 19.3. The number of hydrogen-bond donors (Lipinski definition) is 2. The molecule has 6 nitrogen and oxygen atoms in total. The molecule has 2 rings (SSSR count). The van der Waals surface area contributed by atoms with Gasteiger partial charge < -0.3 is 15.5 Å². The third-order valence-corrected chi connectivity index (χ3v) is 5.33. The summed E-state index contributed by atoms with van der Waals surface area (Å²) in [6.45, 7) is 5.20. The monoisotopic (exact) mass is 359 g/mol. The minimum Gasteiger partial charge on any atom is -0.347 e. The lowest BCUT2D eigenvalue weighted by Gasteiger charge is -2.43. The number of benzene rings is 1. The lowest BCUT2D eigenvalue weighted by Crippen LogP contribution is -2.59. The van der Waals surface area contributed by atoms with Gasteiger partial charge in [-0.25, -0.2) is 0 Å². The van der Waals surface area contributed by atoms with E-state index in [0.717, 1.165) is 36.1 Å². The van der Waals surface area contributed by atoms with Gasteiger partial charge in [0, 0.05) is 19.7 Å². The molecule has 3 amide bonds. The maximum atomic E-state index is 13.3. The average Bonchev–Trinajstić information content (AvgIpc) is 2.62. The van der Waals surface area contributed by atoms with Crippen LogP contribution in [-0.4, -0.2) is 41.8 Å². The Morgan fingerprint density at radius 1 is 1.08 bits per heavy atom. The number of carbonyl (C=O) groups excluding carboxylic acids is 3. The van der Waals surface area contributed by atoms with E-state index in [0.29, 0.717) is 12.8 Å². The van der Waals surface area contributed by atoms with Crippen LogP contribution in [0.3, 0.4) is 0 Å². The topological polar surface area (TPSA) is 78.5 Å². The summed E-state index contributed by atoms with van der Waals surface area (Å²) in [5.41, 5.74) is 1.93. The highest BCUT2D eigenvalue weighted by molar-refractivity contribution is 6.01. The Morgan fingerprint density at radius 2 is 1.65 bits per heavy atom. The predicted octanol–water partition coefficient (Wildman–Crippen LogP) is 2.54. The number of likely N-dealkylation sites (N-methyl/N-ethyl adjacent to an activating group) is 1. The summed E-state index contributed by atoms with van der Waals surface area (Å²) in [6, 6.07) is 5.88. The van der Waals surface area contributed by atoms with Gasteiger partial charge in [0.05, 0.1) is 6.54 Å². The van der Waals surface area contributed by atoms with Crippen LogP contribution in [0.4, 0.5) is 5.69 Å². The first-order chi connectivity index (χ1) is 12.3. The molecule has 1 aromatic carbocycles. The molecule has 1 aromatic rings. The van der Waals surface area contributed by atoms with Crippen LogP contribution in [0.5, 0.6) is 0 Å². The summed E-state index contributed by atoms with van der Waals surface area (Å²) >= 11 is 0. The van der Waals surface area contributed by atoms with E-state index in [4.69, 9.17) is 0 Å². The number of anilines is 1. The summed E-state index contributed by atoms with van der Waals surface area (Å²) in [4.78, 5) is 38.5. The quantitative estimate of drug-likeness (QED) is 0.848. The van der Waals surface area contributed by atoms with E-state index in [1.165, 1.54) is 11.8 Å². The van der Waals surface area contributed by atoms with Gasteiger partial charge in [-0.2, -0.15) is 0 Å². The van der Waals surface area contributed by atoms with Gasteiger partial charge in [-0.3, -0.25) is 14.4 Å². The van der Waals surface area contributed by atoms with Crippen molar-refractivity contribution in [3.05, 3.63) is 29.3 Å². The van der Waals surface area contributed by atoms with Crippen molar-refractivity contribution in [3.63, 3.8) is 0 Å². The Labute approximate surface area is 155 Å². The summed E-state index contributed by atoms with van der Waals surface area (Å²) in [5.74, 6) is -0.656. The van der Waals surface area contributed by atoms with Crippen molar-refractivity contribution in [2.24, 2.45) is 0 Å². The summed E-state index contributed by atoms with van der Waals surface area (Å²) in [7, 11) is 1.67. The van der Waals surface area contributed by atoms with Crippen LogP contribution < -0.4 is 10.6 Å². The fraction of sp³-hybridized carbons (Fsp3) is 0.550. The molecule has 0 bridgehead atoms. The van der Waals surface area contributed by atoms with Crippen molar-refractivity contribution in [2.45, 2.75) is 58.4 Å². The van der Waals surface area contributed by atoms with E-state index in [2.05, 4.69) is 10.6 Å². The molecule has 26 heavy (non-hydrogen) atoms. The molecule has 1 aliphatic rings. The highest BCUT2D eigenvalue weighted by atomic mass is 16.2. The Morgan fingerprint density at radius 3 is 2.19 bits per heavy atom. The largest absolute Gasteiger partial charge is 0.347 e. The van der Waals surface area contributed by atoms with Gasteiger partial charge in [-0.05, 0) is 37.8 Å². The van der Waals surface area contributed by atoms with Gasteiger partial charge >= 0.3 is 0 Å². The predicted molar refractivity (Wildman–Crippen MR) is 102 cm³/mol. The second-order valence-electron chi connectivity index (χ2n) is 7.18. The van der Waals surface area contributed by atoms with Crippen LogP contribution in [0.1, 0.15) is 50.2 Å². The lowest BCUT2D eigenvalue weighted by molar-refractivity contribution is -0.145. The van der Waals surface area contributed by atoms with Crippen LogP contribution in [0.25, 0.3) is 0 Å². The van der Waals surface area contributed by atoms with E-state index < -0.39 is 5.54 Å². The highest BCUT2D eigenvalue weighted by Crippen LogP contribution is 2.35. The minimum absolute atomic E-state index is 0.0930. The molecule has 1 saturated carbocycles. The average molecular weight is 359 g/mol. The summed E-state index contributed by atoms with van der Waals surface area (Å²) < 4.78 is 0. The number of carbonyl (C=O) groups is 3. The number of aryl methyl sites for hydroxylation is 2. The number of nitrogens with zero attached hydrogens (tertiary/aromatic N) is 1. The maximum Gasteiger partial charge on any atom is 0.250 e. The van der Waals surface area contributed by atoms with E-state index in [-0.39, 0.29) is 24.3 Å². The third kappa shape index (κ3) is 4.23. The van der Waals surface area contributed by atoms with Crippen LogP contribution >= 0.6 is 0 Å². The van der Waals surface area contributed by atoms with Gasteiger partial charge in [-0.15, -0.1) is 0 Å². The van der Waals surface area contributed by atoms with Crippen LogP contribution in [-0.2, 0) is 14.4 Å². The van der Waals surface area contributed by atoms with Crippen molar-refractivity contribution in [3.8, 4) is 0 Å². The van der Waals surface area contributed by atoms with Gasteiger partial charge in [0.15, 0.2) is 0 Å². The normalized spacial score (nSPS) is 15.8. The first-order valence-electron chi connectivity index (χ1n) is 9.17. The SMILES string of the molecule is CC(=O)NCC(=O)N(C)C1(C(=O)Nc2c(C)cccc2C)CCCCC1. The van der Waals surface area contributed by atoms with E-state index in [9.17, 15) is 14.4 Å². The zero-order valence-corrected chi connectivity index (χ0v) is 16.1. The maximum absolute atomic E-state index is 13.3. The molecule has 0 saturated heterocycles. The Kier molecular flexibility index (Phi) is 6.40. The molecule has 0 atom stereocenters. The molecule has 0 heterocycles. The molecular formula is C20H29N3O3. The number of amides is 3. The Balaban J connectivity index is 2.26. The highest BCUT2D eigenvalue weighted by Gasteiger charge is 2.45.